The van der Waals surface area contributed by atoms with Crippen molar-refractivity contribution >= 4 is 29.2 Å². The summed E-state index contributed by atoms with van der Waals surface area (Å²) in [5, 5.41) is 12.3. The molecule has 5 nitrogen and oxygen atoms in total. The number of likely N-dealkylation sites (tertiary alicyclic amines) is 1. The summed E-state index contributed by atoms with van der Waals surface area (Å²) in [6, 6.07) is 5.32. The zero-order valence-corrected chi connectivity index (χ0v) is 12.7. The number of aliphatic carboxylic acids is 1. The summed E-state index contributed by atoms with van der Waals surface area (Å²) in [7, 11) is 0. The Labute approximate surface area is 128 Å². The summed E-state index contributed by atoms with van der Waals surface area (Å²) in [6.45, 7) is 2.87. The lowest BCUT2D eigenvalue weighted by Crippen LogP contribution is -2.37. The third-order valence-electron chi connectivity index (χ3n) is 3.71. The van der Waals surface area contributed by atoms with Crippen molar-refractivity contribution < 1.29 is 14.7 Å². The average Bonchev–Trinajstić information content (AvgIpc) is 2.80. The number of anilines is 1. The van der Waals surface area contributed by atoms with E-state index in [9.17, 15) is 9.59 Å². The lowest BCUT2D eigenvalue weighted by molar-refractivity contribution is -0.138. The zero-order valence-electron chi connectivity index (χ0n) is 11.9. The monoisotopic (exact) mass is 310 g/mol. The standard InChI is InChI=1S/C15H19ClN2O3/c1-10-4-5-11(7-13(10)16)17-14(19)9-18-6-2-3-12(18)8-15(20)21/h4-5,7,12H,2-3,6,8-9H2,1H3,(H,17,19)(H,20,21). The Kier molecular flexibility index (Phi) is 5.20. The maximum absolute atomic E-state index is 12.1. The molecular weight excluding hydrogens is 292 g/mol. The summed E-state index contributed by atoms with van der Waals surface area (Å²) in [6.07, 6.45) is 1.85. The molecule has 1 aliphatic rings. The molecule has 0 spiro atoms. The molecule has 0 saturated carbocycles. The van der Waals surface area contributed by atoms with Gasteiger partial charge in [-0.1, -0.05) is 17.7 Å². The predicted octanol–water partition coefficient (Wildman–Crippen LogP) is 2.53. The van der Waals surface area contributed by atoms with Crippen LogP contribution in [0.1, 0.15) is 24.8 Å². The third kappa shape index (κ3) is 4.44. The number of aryl methyl sites for hydroxylation is 1. The van der Waals surface area contributed by atoms with Gasteiger partial charge in [0, 0.05) is 16.8 Å². The van der Waals surface area contributed by atoms with Crippen LogP contribution in [-0.4, -0.2) is 41.0 Å². The molecule has 2 N–H and O–H groups in total. The highest BCUT2D eigenvalue weighted by Gasteiger charge is 2.27. The normalized spacial score (nSPS) is 18.7. The zero-order chi connectivity index (χ0) is 15.4. The van der Waals surface area contributed by atoms with Crippen LogP contribution in [0.3, 0.4) is 0 Å². The molecule has 1 unspecified atom stereocenters. The number of halogens is 1. The van der Waals surface area contributed by atoms with Crippen molar-refractivity contribution in [2.24, 2.45) is 0 Å². The number of benzene rings is 1. The molecule has 1 aromatic rings. The number of nitrogens with zero attached hydrogens (tertiary/aromatic N) is 1. The second kappa shape index (κ2) is 6.91. The maximum atomic E-state index is 12.1. The van der Waals surface area contributed by atoms with Gasteiger partial charge in [0.1, 0.15) is 0 Å². The number of carboxylic acid groups (broad SMARTS) is 1. The summed E-state index contributed by atoms with van der Waals surface area (Å²) < 4.78 is 0. The van der Waals surface area contributed by atoms with Gasteiger partial charge in [-0.3, -0.25) is 14.5 Å². The highest BCUT2D eigenvalue weighted by atomic mass is 35.5. The Bertz CT molecular complexity index is 548. The van der Waals surface area contributed by atoms with Gasteiger partial charge >= 0.3 is 5.97 Å². The lowest BCUT2D eigenvalue weighted by atomic mass is 10.1. The molecule has 0 bridgehead atoms. The first kappa shape index (κ1) is 15.8. The number of hydrogen-bond donors (Lipinski definition) is 2. The molecule has 1 fully saturated rings. The van der Waals surface area contributed by atoms with Crippen molar-refractivity contribution in [1.82, 2.24) is 4.90 Å². The SMILES string of the molecule is Cc1ccc(NC(=O)CN2CCCC2CC(=O)O)cc1Cl. The second-order valence-electron chi connectivity index (χ2n) is 5.38. The Morgan fingerprint density at radius 3 is 2.90 bits per heavy atom. The largest absolute Gasteiger partial charge is 0.481 e. The Balaban J connectivity index is 1.91. The van der Waals surface area contributed by atoms with Gasteiger partial charge in [0.15, 0.2) is 0 Å². The Morgan fingerprint density at radius 1 is 1.48 bits per heavy atom. The molecular formula is C15H19ClN2O3. The maximum Gasteiger partial charge on any atom is 0.304 e. The van der Waals surface area contributed by atoms with Crippen molar-refractivity contribution in [1.29, 1.82) is 0 Å². The smallest absolute Gasteiger partial charge is 0.304 e. The summed E-state index contributed by atoms with van der Waals surface area (Å²) in [4.78, 5) is 24.8. The van der Waals surface area contributed by atoms with E-state index in [1.165, 1.54) is 0 Å². The number of rotatable bonds is 5. The van der Waals surface area contributed by atoms with Gasteiger partial charge in [0.25, 0.3) is 0 Å². The lowest BCUT2D eigenvalue weighted by Gasteiger charge is -2.22. The second-order valence-corrected chi connectivity index (χ2v) is 5.78. The molecule has 0 radical (unpaired) electrons. The van der Waals surface area contributed by atoms with E-state index in [2.05, 4.69) is 5.32 Å². The summed E-state index contributed by atoms with van der Waals surface area (Å²) in [5.74, 6) is -0.968. The van der Waals surface area contributed by atoms with Crippen LogP contribution in [0.15, 0.2) is 18.2 Å². The molecule has 1 heterocycles. The fraction of sp³-hybridized carbons (Fsp3) is 0.467. The number of carboxylic acids is 1. The van der Waals surface area contributed by atoms with E-state index in [0.717, 1.165) is 24.9 Å². The minimum atomic E-state index is -0.822. The van der Waals surface area contributed by atoms with Crippen molar-refractivity contribution in [3.63, 3.8) is 0 Å². The third-order valence-corrected chi connectivity index (χ3v) is 4.12. The Morgan fingerprint density at radius 2 is 2.24 bits per heavy atom. The summed E-state index contributed by atoms with van der Waals surface area (Å²) in [5.41, 5.74) is 1.61. The number of nitrogens with one attached hydrogen (secondary N) is 1. The van der Waals surface area contributed by atoms with Crippen LogP contribution in [0.2, 0.25) is 5.02 Å². The van der Waals surface area contributed by atoms with Gasteiger partial charge in [-0.25, -0.2) is 0 Å². The predicted molar refractivity (Wildman–Crippen MR) is 81.7 cm³/mol. The van der Waals surface area contributed by atoms with E-state index in [1.54, 1.807) is 12.1 Å². The fourth-order valence-corrected chi connectivity index (χ4v) is 2.77. The van der Waals surface area contributed by atoms with Gasteiger partial charge < -0.3 is 10.4 Å². The first-order valence-corrected chi connectivity index (χ1v) is 7.35. The Hall–Kier alpha value is -1.59. The highest BCUT2D eigenvalue weighted by molar-refractivity contribution is 6.31. The molecule has 0 aromatic heterocycles. The molecule has 114 valence electrons. The van der Waals surface area contributed by atoms with Gasteiger partial charge in [0.05, 0.1) is 13.0 Å². The molecule has 2 rings (SSSR count). The molecule has 21 heavy (non-hydrogen) atoms. The van der Waals surface area contributed by atoms with Crippen LogP contribution >= 0.6 is 11.6 Å². The minimum absolute atomic E-state index is 0.0464. The van der Waals surface area contributed by atoms with E-state index >= 15 is 0 Å². The van der Waals surface area contributed by atoms with Crippen molar-refractivity contribution in [2.45, 2.75) is 32.2 Å². The highest BCUT2D eigenvalue weighted by Crippen LogP contribution is 2.21. The van der Waals surface area contributed by atoms with Crippen molar-refractivity contribution in [3.05, 3.63) is 28.8 Å². The van der Waals surface area contributed by atoms with Gasteiger partial charge in [-0.15, -0.1) is 0 Å². The number of hydrogen-bond acceptors (Lipinski definition) is 3. The van der Waals surface area contributed by atoms with Crippen LogP contribution in [0, 0.1) is 6.92 Å². The van der Waals surface area contributed by atoms with Crippen LogP contribution in [-0.2, 0) is 9.59 Å². The first-order chi connectivity index (χ1) is 9.95. The van der Waals surface area contributed by atoms with Crippen molar-refractivity contribution in [3.8, 4) is 0 Å². The molecule has 0 aliphatic carbocycles. The van der Waals surface area contributed by atoms with Crippen LogP contribution in [0.4, 0.5) is 5.69 Å². The van der Waals surface area contributed by atoms with E-state index in [0.29, 0.717) is 10.7 Å². The van der Waals surface area contributed by atoms with E-state index in [4.69, 9.17) is 16.7 Å². The molecule has 1 saturated heterocycles. The van der Waals surface area contributed by atoms with E-state index in [1.807, 2.05) is 17.9 Å². The van der Waals surface area contributed by atoms with Crippen LogP contribution < -0.4 is 5.32 Å². The quantitative estimate of drug-likeness (QED) is 0.877. The van der Waals surface area contributed by atoms with Gasteiger partial charge in [-0.2, -0.15) is 0 Å². The molecule has 1 amide bonds. The van der Waals surface area contributed by atoms with Crippen LogP contribution in [0.25, 0.3) is 0 Å². The average molecular weight is 311 g/mol. The summed E-state index contributed by atoms with van der Waals surface area (Å²) >= 11 is 6.02. The van der Waals surface area contributed by atoms with Crippen molar-refractivity contribution in [2.75, 3.05) is 18.4 Å². The minimum Gasteiger partial charge on any atom is -0.481 e. The molecule has 1 atom stereocenters. The molecule has 1 aliphatic heterocycles. The number of amides is 1. The van der Waals surface area contributed by atoms with E-state index < -0.39 is 5.97 Å². The molecule has 6 heteroatoms. The van der Waals surface area contributed by atoms with Crippen LogP contribution in [0.5, 0.6) is 0 Å². The topological polar surface area (TPSA) is 69.6 Å². The van der Waals surface area contributed by atoms with E-state index in [-0.39, 0.29) is 24.9 Å². The van der Waals surface area contributed by atoms with Gasteiger partial charge in [-0.05, 0) is 44.0 Å². The molecule has 1 aromatic carbocycles. The first-order valence-electron chi connectivity index (χ1n) is 6.97. The fourth-order valence-electron chi connectivity index (χ4n) is 2.59. The number of carbonyl (C=O) groups excluding carboxylic acids is 1. The number of carbonyl (C=O) groups is 2. The van der Waals surface area contributed by atoms with Gasteiger partial charge in [0.2, 0.25) is 5.91 Å².